The summed E-state index contributed by atoms with van der Waals surface area (Å²) in [7, 11) is 0. The third kappa shape index (κ3) is 5.16. The van der Waals surface area contributed by atoms with E-state index in [1.54, 1.807) is 0 Å². The SMILES string of the molecule is O=C(CSCC(F)(F)F)N[C@H]1CCC[C@H]1C(=O)O. The molecule has 0 spiro atoms. The van der Waals surface area contributed by atoms with Crippen molar-refractivity contribution in [1.82, 2.24) is 5.32 Å². The van der Waals surface area contributed by atoms with Crippen LogP contribution in [0.1, 0.15) is 19.3 Å². The fourth-order valence-corrected chi connectivity index (χ4v) is 2.54. The van der Waals surface area contributed by atoms with E-state index < -0.39 is 35.8 Å². The van der Waals surface area contributed by atoms with Crippen molar-refractivity contribution < 1.29 is 27.9 Å². The van der Waals surface area contributed by atoms with Gasteiger partial charge in [0, 0.05) is 6.04 Å². The maximum absolute atomic E-state index is 11.8. The quantitative estimate of drug-likeness (QED) is 0.806. The second kappa shape index (κ2) is 6.31. The maximum atomic E-state index is 11.8. The highest BCUT2D eigenvalue weighted by Gasteiger charge is 2.34. The van der Waals surface area contributed by atoms with Gasteiger partial charge in [0.25, 0.3) is 0 Å². The first kappa shape index (κ1) is 15.1. The van der Waals surface area contributed by atoms with Crippen LogP contribution in [0.15, 0.2) is 0 Å². The molecule has 0 heterocycles. The first-order valence-corrected chi connectivity index (χ1v) is 6.62. The largest absolute Gasteiger partial charge is 0.481 e. The van der Waals surface area contributed by atoms with Crippen LogP contribution in [0.5, 0.6) is 0 Å². The van der Waals surface area contributed by atoms with Gasteiger partial charge in [0.2, 0.25) is 5.91 Å². The molecule has 0 aromatic heterocycles. The number of alkyl halides is 3. The Hall–Kier alpha value is -0.920. The highest BCUT2D eigenvalue weighted by molar-refractivity contribution is 8.00. The number of hydrogen-bond acceptors (Lipinski definition) is 3. The molecule has 1 fully saturated rings. The minimum Gasteiger partial charge on any atom is -0.481 e. The van der Waals surface area contributed by atoms with E-state index in [9.17, 15) is 22.8 Å². The van der Waals surface area contributed by atoms with E-state index in [2.05, 4.69) is 5.32 Å². The summed E-state index contributed by atoms with van der Waals surface area (Å²) in [5, 5.41) is 11.4. The van der Waals surface area contributed by atoms with E-state index in [0.29, 0.717) is 31.0 Å². The van der Waals surface area contributed by atoms with Gasteiger partial charge in [-0.1, -0.05) is 6.42 Å². The van der Waals surface area contributed by atoms with Crippen LogP contribution >= 0.6 is 11.8 Å². The van der Waals surface area contributed by atoms with E-state index >= 15 is 0 Å². The average Bonchev–Trinajstić information content (AvgIpc) is 2.63. The number of amides is 1. The van der Waals surface area contributed by atoms with E-state index in [4.69, 9.17) is 5.11 Å². The number of thioether (sulfide) groups is 1. The summed E-state index contributed by atoms with van der Waals surface area (Å²) in [5.41, 5.74) is 0. The second-order valence-electron chi connectivity index (χ2n) is 4.16. The zero-order valence-electron chi connectivity index (χ0n) is 9.50. The van der Waals surface area contributed by atoms with Crippen LogP contribution in [-0.4, -0.2) is 40.7 Å². The van der Waals surface area contributed by atoms with E-state index in [1.165, 1.54) is 0 Å². The van der Waals surface area contributed by atoms with Crippen molar-refractivity contribution in [3.05, 3.63) is 0 Å². The number of carbonyl (C=O) groups is 2. The van der Waals surface area contributed by atoms with Crippen molar-refractivity contribution in [2.75, 3.05) is 11.5 Å². The molecule has 0 aliphatic heterocycles. The highest BCUT2D eigenvalue weighted by Crippen LogP contribution is 2.26. The molecule has 8 heteroatoms. The Morgan fingerprint density at radius 1 is 1.33 bits per heavy atom. The van der Waals surface area contributed by atoms with E-state index in [1.807, 2.05) is 0 Å². The smallest absolute Gasteiger partial charge is 0.397 e. The van der Waals surface area contributed by atoms with Gasteiger partial charge in [-0.3, -0.25) is 9.59 Å². The van der Waals surface area contributed by atoms with Gasteiger partial charge in [-0.05, 0) is 12.8 Å². The molecule has 0 radical (unpaired) electrons. The summed E-state index contributed by atoms with van der Waals surface area (Å²) in [6.07, 6.45) is -2.53. The van der Waals surface area contributed by atoms with Crippen LogP contribution < -0.4 is 5.32 Å². The van der Waals surface area contributed by atoms with Gasteiger partial charge in [-0.25, -0.2) is 0 Å². The Morgan fingerprint density at radius 3 is 2.56 bits per heavy atom. The number of carboxylic acids is 1. The van der Waals surface area contributed by atoms with E-state index in [-0.39, 0.29) is 5.75 Å². The van der Waals surface area contributed by atoms with Gasteiger partial charge in [0.05, 0.1) is 17.4 Å². The molecule has 1 rings (SSSR count). The molecule has 0 saturated heterocycles. The monoisotopic (exact) mass is 285 g/mol. The summed E-state index contributed by atoms with van der Waals surface area (Å²) in [4.78, 5) is 22.2. The highest BCUT2D eigenvalue weighted by atomic mass is 32.2. The Labute approximate surface area is 106 Å². The molecule has 0 aromatic carbocycles. The summed E-state index contributed by atoms with van der Waals surface area (Å²) < 4.78 is 35.5. The second-order valence-corrected chi connectivity index (χ2v) is 5.14. The van der Waals surface area contributed by atoms with Gasteiger partial charge < -0.3 is 10.4 Å². The molecule has 0 unspecified atom stereocenters. The first-order valence-electron chi connectivity index (χ1n) is 5.46. The van der Waals surface area contributed by atoms with Crippen molar-refractivity contribution in [3.63, 3.8) is 0 Å². The molecule has 1 amide bonds. The van der Waals surface area contributed by atoms with Crippen molar-refractivity contribution in [2.24, 2.45) is 5.92 Å². The first-order chi connectivity index (χ1) is 8.29. The summed E-state index contributed by atoms with van der Waals surface area (Å²) in [6, 6.07) is -0.457. The minimum atomic E-state index is -4.29. The minimum absolute atomic E-state index is 0.303. The molecule has 2 atom stereocenters. The number of nitrogens with one attached hydrogen (secondary N) is 1. The van der Waals surface area contributed by atoms with Gasteiger partial charge in [-0.15, -0.1) is 11.8 Å². The van der Waals surface area contributed by atoms with Gasteiger partial charge in [0.15, 0.2) is 0 Å². The zero-order valence-corrected chi connectivity index (χ0v) is 10.3. The van der Waals surface area contributed by atoms with Crippen LogP contribution in [0.4, 0.5) is 13.2 Å². The molecule has 1 aliphatic carbocycles. The van der Waals surface area contributed by atoms with Crippen LogP contribution in [-0.2, 0) is 9.59 Å². The summed E-state index contributed by atoms with van der Waals surface area (Å²) in [6.45, 7) is 0. The molecule has 0 aromatic rings. The predicted octanol–water partition coefficient (Wildman–Crippen LogP) is 1.65. The van der Waals surface area contributed by atoms with Crippen molar-refractivity contribution in [2.45, 2.75) is 31.5 Å². The molecule has 0 bridgehead atoms. The maximum Gasteiger partial charge on any atom is 0.397 e. The Kier molecular flexibility index (Phi) is 5.30. The van der Waals surface area contributed by atoms with Crippen molar-refractivity contribution >= 4 is 23.6 Å². The lowest BCUT2D eigenvalue weighted by Gasteiger charge is -2.17. The number of carbonyl (C=O) groups excluding carboxylic acids is 1. The van der Waals surface area contributed by atoms with Gasteiger partial charge in [0.1, 0.15) is 0 Å². The molecule has 1 saturated carbocycles. The molecule has 4 nitrogen and oxygen atoms in total. The molecular formula is C10H14F3NO3S. The average molecular weight is 285 g/mol. The van der Waals surface area contributed by atoms with Crippen LogP contribution in [0.25, 0.3) is 0 Å². The number of rotatable bonds is 5. The number of hydrogen-bond donors (Lipinski definition) is 2. The Balaban J connectivity index is 2.29. The normalized spacial score (nSPS) is 23.9. The molecule has 1 aliphatic rings. The van der Waals surface area contributed by atoms with Crippen molar-refractivity contribution in [3.8, 4) is 0 Å². The number of halogens is 3. The third-order valence-corrected chi connectivity index (χ3v) is 3.68. The molecular weight excluding hydrogens is 271 g/mol. The lowest BCUT2D eigenvalue weighted by molar-refractivity contribution is -0.142. The lowest BCUT2D eigenvalue weighted by atomic mass is 10.0. The number of aliphatic carboxylic acids is 1. The van der Waals surface area contributed by atoms with E-state index in [0.717, 1.165) is 0 Å². The molecule has 104 valence electrons. The molecule has 2 N–H and O–H groups in total. The Morgan fingerprint density at radius 2 is 2.00 bits per heavy atom. The predicted molar refractivity (Wildman–Crippen MR) is 60.3 cm³/mol. The topological polar surface area (TPSA) is 66.4 Å². The van der Waals surface area contributed by atoms with Gasteiger partial charge in [-0.2, -0.15) is 13.2 Å². The van der Waals surface area contributed by atoms with Crippen LogP contribution in [0, 0.1) is 5.92 Å². The summed E-state index contributed by atoms with van der Waals surface area (Å²) in [5.74, 6) is -3.51. The zero-order chi connectivity index (χ0) is 13.8. The standard InChI is InChI=1S/C10H14F3NO3S/c11-10(12,13)5-18-4-8(15)14-7-3-1-2-6(7)9(16)17/h6-7H,1-5H2,(H,14,15)(H,16,17)/t6-,7+/m1/s1. The van der Waals surface area contributed by atoms with Crippen LogP contribution in [0.3, 0.4) is 0 Å². The summed E-state index contributed by atoms with van der Waals surface area (Å²) >= 11 is 0.477. The van der Waals surface area contributed by atoms with Crippen molar-refractivity contribution in [1.29, 1.82) is 0 Å². The van der Waals surface area contributed by atoms with Gasteiger partial charge >= 0.3 is 12.1 Å². The lowest BCUT2D eigenvalue weighted by Crippen LogP contribution is -2.41. The van der Waals surface area contributed by atoms with Crippen LogP contribution in [0.2, 0.25) is 0 Å². The Bertz CT molecular complexity index is 322. The fraction of sp³-hybridized carbons (Fsp3) is 0.800. The molecule has 18 heavy (non-hydrogen) atoms. The number of carboxylic acid groups (broad SMARTS) is 1. The fourth-order valence-electron chi connectivity index (χ4n) is 1.94. The third-order valence-electron chi connectivity index (χ3n) is 2.68.